The highest BCUT2D eigenvalue weighted by molar-refractivity contribution is 7.93. The molecule has 0 spiro atoms. The fourth-order valence-corrected chi connectivity index (χ4v) is 4.64. The number of rotatable bonds is 6. The summed E-state index contributed by atoms with van der Waals surface area (Å²) >= 11 is 0. The van der Waals surface area contributed by atoms with Crippen LogP contribution in [-0.2, 0) is 20.6 Å². The van der Waals surface area contributed by atoms with Crippen LogP contribution >= 0.6 is 0 Å². The van der Waals surface area contributed by atoms with E-state index in [1.807, 2.05) is 6.92 Å². The minimum Gasteiger partial charge on any atom is -0.398 e. The second kappa shape index (κ2) is 6.16. The molecule has 17 heavy (non-hydrogen) atoms. The molecule has 0 saturated carbocycles. The smallest absolute Gasteiger partial charge is 0.151 e. The minimum atomic E-state index is -3.08. The molecule has 0 amide bonds. The van der Waals surface area contributed by atoms with Gasteiger partial charge in [-0.1, -0.05) is 19.1 Å². The van der Waals surface area contributed by atoms with Gasteiger partial charge in [0.1, 0.15) is 0 Å². The average molecular weight is 275 g/mol. The van der Waals surface area contributed by atoms with Crippen LogP contribution in [0.1, 0.15) is 13.3 Å². The predicted molar refractivity (Wildman–Crippen MR) is 71.1 cm³/mol. The fourth-order valence-electron chi connectivity index (χ4n) is 1.41. The maximum absolute atomic E-state index is 11.9. The van der Waals surface area contributed by atoms with Crippen molar-refractivity contribution < 1.29 is 12.6 Å². The van der Waals surface area contributed by atoms with Gasteiger partial charge >= 0.3 is 0 Å². The lowest BCUT2D eigenvalue weighted by atomic mass is 10.3. The standard InChI is InChI=1S/C11H17NO3S2/c1-2-8-17(14,15)9-7-16(13)11-6-4-3-5-10(11)12/h3-6H,2,7-9,12H2,1H3. The highest BCUT2D eigenvalue weighted by Crippen LogP contribution is 2.15. The van der Waals surface area contributed by atoms with Crippen molar-refractivity contribution in [3.8, 4) is 0 Å². The van der Waals surface area contributed by atoms with E-state index < -0.39 is 20.6 Å². The van der Waals surface area contributed by atoms with Gasteiger partial charge in [-0.2, -0.15) is 0 Å². The van der Waals surface area contributed by atoms with E-state index in [0.29, 0.717) is 17.0 Å². The zero-order chi connectivity index (χ0) is 12.9. The summed E-state index contributed by atoms with van der Waals surface area (Å²) in [5, 5.41) is 0. The molecule has 2 N–H and O–H groups in total. The van der Waals surface area contributed by atoms with Gasteiger partial charge in [0.2, 0.25) is 0 Å². The molecule has 1 unspecified atom stereocenters. The third-order valence-corrected chi connectivity index (χ3v) is 5.81. The van der Waals surface area contributed by atoms with E-state index in [-0.39, 0.29) is 17.3 Å². The van der Waals surface area contributed by atoms with Gasteiger partial charge < -0.3 is 5.73 Å². The van der Waals surface area contributed by atoms with Crippen LogP contribution < -0.4 is 5.73 Å². The molecule has 1 aromatic rings. The summed E-state index contributed by atoms with van der Waals surface area (Å²) in [6.45, 7) is 1.81. The summed E-state index contributed by atoms with van der Waals surface area (Å²) < 4.78 is 34.9. The normalized spacial score (nSPS) is 13.5. The number of sulfone groups is 1. The van der Waals surface area contributed by atoms with Crippen LogP contribution in [0.15, 0.2) is 29.2 Å². The zero-order valence-electron chi connectivity index (χ0n) is 9.76. The molecule has 1 rings (SSSR count). The van der Waals surface area contributed by atoms with Gasteiger partial charge in [-0.15, -0.1) is 0 Å². The number of anilines is 1. The Hall–Kier alpha value is -0.880. The molecule has 0 aliphatic carbocycles. The third-order valence-electron chi connectivity index (χ3n) is 2.26. The Balaban J connectivity index is 2.66. The Morgan fingerprint density at radius 3 is 2.47 bits per heavy atom. The van der Waals surface area contributed by atoms with Crippen LogP contribution in [0.4, 0.5) is 5.69 Å². The van der Waals surface area contributed by atoms with Crippen molar-refractivity contribution in [2.24, 2.45) is 0 Å². The first-order chi connectivity index (χ1) is 7.96. The van der Waals surface area contributed by atoms with Crippen molar-refractivity contribution in [3.63, 3.8) is 0 Å². The van der Waals surface area contributed by atoms with Crippen LogP contribution in [-0.4, -0.2) is 29.9 Å². The van der Waals surface area contributed by atoms with Gasteiger partial charge in [0.05, 0.1) is 21.4 Å². The van der Waals surface area contributed by atoms with Crippen molar-refractivity contribution >= 4 is 26.3 Å². The lowest BCUT2D eigenvalue weighted by molar-refractivity contribution is 0.595. The first-order valence-electron chi connectivity index (χ1n) is 5.39. The van der Waals surface area contributed by atoms with E-state index >= 15 is 0 Å². The SMILES string of the molecule is CCCS(=O)(=O)CCS(=O)c1ccccc1N. The molecule has 0 radical (unpaired) electrons. The van der Waals surface area contributed by atoms with E-state index in [0.717, 1.165) is 0 Å². The maximum Gasteiger partial charge on any atom is 0.151 e. The number of nitrogen functional groups attached to an aromatic ring is 1. The van der Waals surface area contributed by atoms with Crippen molar-refractivity contribution in [1.29, 1.82) is 0 Å². The number of benzene rings is 1. The molecule has 0 bridgehead atoms. The molecule has 0 fully saturated rings. The largest absolute Gasteiger partial charge is 0.398 e. The first kappa shape index (κ1) is 14.2. The fraction of sp³-hybridized carbons (Fsp3) is 0.455. The minimum absolute atomic E-state index is 0.0538. The average Bonchev–Trinajstić information content (AvgIpc) is 2.27. The second-order valence-electron chi connectivity index (χ2n) is 3.74. The predicted octanol–water partition coefficient (Wildman–Crippen LogP) is 1.20. The quantitative estimate of drug-likeness (QED) is 0.791. The van der Waals surface area contributed by atoms with Gasteiger partial charge in [0, 0.05) is 17.2 Å². The Kier molecular flexibility index (Phi) is 5.14. The summed E-state index contributed by atoms with van der Waals surface area (Å²) in [6.07, 6.45) is 0.586. The molecule has 0 aromatic heterocycles. The van der Waals surface area contributed by atoms with Gasteiger partial charge in [-0.05, 0) is 18.6 Å². The zero-order valence-corrected chi connectivity index (χ0v) is 11.4. The summed E-state index contributed by atoms with van der Waals surface area (Å²) in [5.41, 5.74) is 6.12. The van der Waals surface area contributed by atoms with Crippen LogP contribution in [0.5, 0.6) is 0 Å². The number of hydrogen-bond acceptors (Lipinski definition) is 4. The van der Waals surface area contributed by atoms with Crippen molar-refractivity contribution in [3.05, 3.63) is 24.3 Å². The van der Waals surface area contributed by atoms with Crippen LogP contribution in [0.2, 0.25) is 0 Å². The van der Waals surface area contributed by atoms with Crippen molar-refractivity contribution in [2.75, 3.05) is 23.0 Å². The van der Waals surface area contributed by atoms with Crippen molar-refractivity contribution in [1.82, 2.24) is 0 Å². The van der Waals surface area contributed by atoms with E-state index in [1.165, 1.54) is 0 Å². The summed E-state index contributed by atoms with van der Waals surface area (Å²) in [5.74, 6) is 0.201. The molecule has 1 atom stereocenters. The number of nitrogens with two attached hydrogens (primary N) is 1. The Morgan fingerprint density at radius 2 is 1.88 bits per heavy atom. The molecule has 0 saturated heterocycles. The molecule has 0 aliphatic rings. The van der Waals surface area contributed by atoms with E-state index in [2.05, 4.69) is 0 Å². The second-order valence-corrected chi connectivity index (χ2v) is 7.58. The van der Waals surface area contributed by atoms with E-state index in [9.17, 15) is 12.6 Å². The molecule has 0 aliphatic heterocycles. The molecule has 1 aromatic carbocycles. The third kappa shape index (κ3) is 4.47. The van der Waals surface area contributed by atoms with Gasteiger partial charge in [-0.25, -0.2) is 8.42 Å². The van der Waals surface area contributed by atoms with Crippen molar-refractivity contribution in [2.45, 2.75) is 18.2 Å². The molecular formula is C11H17NO3S2. The highest BCUT2D eigenvalue weighted by Gasteiger charge is 2.14. The topological polar surface area (TPSA) is 77.2 Å². The van der Waals surface area contributed by atoms with Crippen LogP contribution in [0.3, 0.4) is 0 Å². The maximum atomic E-state index is 11.9. The highest BCUT2D eigenvalue weighted by atomic mass is 32.2. The van der Waals surface area contributed by atoms with Gasteiger partial charge in [0.25, 0.3) is 0 Å². The molecule has 6 heteroatoms. The van der Waals surface area contributed by atoms with Gasteiger partial charge in [0.15, 0.2) is 9.84 Å². The molecule has 96 valence electrons. The van der Waals surface area contributed by atoms with Crippen LogP contribution in [0.25, 0.3) is 0 Å². The molecule has 0 heterocycles. The van der Waals surface area contributed by atoms with E-state index in [1.54, 1.807) is 24.3 Å². The monoisotopic (exact) mass is 275 g/mol. The summed E-state index contributed by atoms with van der Waals surface area (Å²) in [4.78, 5) is 0.513. The van der Waals surface area contributed by atoms with E-state index in [4.69, 9.17) is 5.73 Å². The molecule has 4 nitrogen and oxygen atoms in total. The Labute approximate surface area is 105 Å². The first-order valence-corrected chi connectivity index (χ1v) is 8.53. The molecular weight excluding hydrogens is 258 g/mol. The van der Waals surface area contributed by atoms with Gasteiger partial charge in [-0.3, -0.25) is 4.21 Å². The lowest BCUT2D eigenvalue weighted by Gasteiger charge is -2.05. The van der Waals surface area contributed by atoms with Crippen LogP contribution in [0, 0.1) is 0 Å². The Bertz CT molecular complexity index is 497. The Morgan fingerprint density at radius 1 is 1.24 bits per heavy atom. The summed E-state index contributed by atoms with van der Waals surface area (Å²) in [7, 11) is -4.43. The number of hydrogen-bond donors (Lipinski definition) is 1. The number of para-hydroxylation sites is 1. The lowest BCUT2D eigenvalue weighted by Crippen LogP contribution is -2.16. The summed E-state index contributed by atoms with van der Waals surface area (Å²) in [6, 6.07) is 6.82.